The topological polar surface area (TPSA) is 44.4 Å². The van der Waals surface area contributed by atoms with E-state index < -0.39 is 0 Å². The van der Waals surface area contributed by atoms with Crippen molar-refractivity contribution in [2.24, 2.45) is 5.92 Å². The minimum absolute atomic E-state index is 0.0648. The van der Waals surface area contributed by atoms with Crippen molar-refractivity contribution in [1.29, 1.82) is 0 Å². The standard InChI is InChI=1S/C18H31N3O/c1-6-21(7-2)16-8-9-17(15(5)12-16)20-18(22)10-11-19-13-14(3)4/h8-9,12,14,19H,6-7,10-11,13H2,1-5H3,(H,20,22). The van der Waals surface area contributed by atoms with Crippen molar-refractivity contribution in [2.75, 3.05) is 36.4 Å². The molecule has 0 atom stereocenters. The van der Waals surface area contributed by atoms with Crippen molar-refractivity contribution in [3.8, 4) is 0 Å². The smallest absolute Gasteiger partial charge is 0.225 e. The maximum Gasteiger partial charge on any atom is 0.225 e. The van der Waals surface area contributed by atoms with E-state index in [2.05, 4.69) is 55.4 Å². The fourth-order valence-corrected chi connectivity index (χ4v) is 2.38. The molecular weight excluding hydrogens is 274 g/mol. The lowest BCUT2D eigenvalue weighted by Crippen LogP contribution is -2.25. The fraction of sp³-hybridized carbons (Fsp3) is 0.611. The Morgan fingerprint density at radius 3 is 2.45 bits per heavy atom. The van der Waals surface area contributed by atoms with Gasteiger partial charge in [-0.2, -0.15) is 0 Å². The third-order valence-corrected chi connectivity index (χ3v) is 3.69. The van der Waals surface area contributed by atoms with Crippen LogP contribution in [0.4, 0.5) is 11.4 Å². The monoisotopic (exact) mass is 305 g/mol. The van der Waals surface area contributed by atoms with E-state index in [1.165, 1.54) is 5.69 Å². The van der Waals surface area contributed by atoms with Crippen LogP contribution in [0.25, 0.3) is 0 Å². The van der Waals surface area contributed by atoms with Crippen LogP contribution in [0.3, 0.4) is 0 Å². The molecule has 0 heterocycles. The molecule has 1 amide bonds. The van der Waals surface area contributed by atoms with E-state index in [0.717, 1.165) is 37.4 Å². The summed E-state index contributed by atoms with van der Waals surface area (Å²) in [5.41, 5.74) is 3.22. The molecule has 1 rings (SSSR count). The molecule has 4 nitrogen and oxygen atoms in total. The zero-order chi connectivity index (χ0) is 16.5. The second kappa shape index (κ2) is 9.46. The molecule has 1 aromatic rings. The molecule has 0 aliphatic carbocycles. The van der Waals surface area contributed by atoms with Gasteiger partial charge in [0, 0.05) is 37.4 Å². The summed E-state index contributed by atoms with van der Waals surface area (Å²) in [6.07, 6.45) is 0.504. The molecule has 0 unspecified atom stereocenters. The molecule has 0 fully saturated rings. The maximum absolute atomic E-state index is 12.0. The first kappa shape index (κ1) is 18.5. The summed E-state index contributed by atoms with van der Waals surface area (Å²) in [5, 5.41) is 6.29. The van der Waals surface area contributed by atoms with Crippen molar-refractivity contribution in [3.63, 3.8) is 0 Å². The lowest BCUT2D eigenvalue weighted by molar-refractivity contribution is -0.116. The van der Waals surface area contributed by atoms with E-state index in [-0.39, 0.29) is 5.91 Å². The first-order valence-corrected chi connectivity index (χ1v) is 8.34. The van der Waals surface area contributed by atoms with Gasteiger partial charge < -0.3 is 15.5 Å². The van der Waals surface area contributed by atoms with Gasteiger partial charge in [0.25, 0.3) is 0 Å². The number of hydrogen-bond acceptors (Lipinski definition) is 3. The maximum atomic E-state index is 12.0. The molecule has 22 heavy (non-hydrogen) atoms. The van der Waals surface area contributed by atoms with E-state index in [4.69, 9.17) is 0 Å². The first-order valence-electron chi connectivity index (χ1n) is 8.34. The van der Waals surface area contributed by atoms with Gasteiger partial charge in [0.1, 0.15) is 0 Å². The Morgan fingerprint density at radius 1 is 1.23 bits per heavy atom. The fourth-order valence-electron chi connectivity index (χ4n) is 2.38. The van der Waals surface area contributed by atoms with Crippen LogP contribution < -0.4 is 15.5 Å². The minimum Gasteiger partial charge on any atom is -0.372 e. The highest BCUT2D eigenvalue weighted by molar-refractivity contribution is 5.91. The molecule has 1 aromatic carbocycles. The molecule has 0 saturated heterocycles. The van der Waals surface area contributed by atoms with E-state index in [1.807, 2.05) is 13.0 Å². The summed E-state index contributed by atoms with van der Waals surface area (Å²) in [6.45, 7) is 14.3. The molecule has 0 aromatic heterocycles. The van der Waals surface area contributed by atoms with Crippen LogP contribution >= 0.6 is 0 Å². The highest BCUT2D eigenvalue weighted by atomic mass is 16.1. The average molecular weight is 305 g/mol. The number of nitrogens with zero attached hydrogens (tertiary/aromatic N) is 1. The van der Waals surface area contributed by atoms with Gasteiger partial charge in [0.15, 0.2) is 0 Å². The molecule has 0 aliphatic heterocycles. The summed E-state index contributed by atoms with van der Waals surface area (Å²) in [7, 11) is 0. The lowest BCUT2D eigenvalue weighted by atomic mass is 10.1. The largest absolute Gasteiger partial charge is 0.372 e. The van der Waals surface area contributed by atoms with Crippen LogP contribution in [0.5, 0.6) is 0 Å². The Morgan fingerprint density at radius 2 is 1.91 bits per heavy atom. The van der Waals surface area contributed by atoms with Crippen LogP contribution in [0.2, 0.25) is 0 Å². The second-order valence-electron chi connectivity index (χ2n) is 6.07. The number of carbonyl (C=O) groups is 1. The quantitative estimate of drug-likeness (QED) is 0.687. The van der Waals surface area contributed by atoms with Gasteiger partial charge in [-0.15, -0.1) is 0 Å². The number of anilines is 2. The number of aryl methyl sites for hydroxylation is 1. The van der Waals surface area contributed by atoms with Gasteiger partial charge >= 0.3 is 0 Å². The van der Waals surface area contributed by atoms with Gasteiger partial charge in [-0.05, 0) is 57.0 Å². The van der Waals surface area contributed by atoms with Gasteiger partial charge in [0.2, 0.25) is 5.91 Å². The third-order valence-electron chi connectivity index (χ3n) is 3.69. The summed E-state index contributed by atoms with van der Waals surface area (Å²) >= 11 is 0. The number of hydrogen-bond donors (Lipinski definition) is 2. The first-order chi connectivity index (χ1) is 10.5. The predicted octanol–water partition coefficient (Wildman–Crippen LogP) is 3.42. The van der Waals surface area contributed by atoms with E-state index in [1.54, 1.807) is 0 Å². The number of amides is 1. The zero-order valence-corrected chi connectivity index (χ0v) is 14.7. The Balaban J connectivity index is 2.53. The molecule has 0 radical (unpaired) electrons. The molecule has 0 saturated carbocycles. The van der Waals surface area contributed by atoms with Crippen molar-refractivity contribution < 1.29 is 4.79 Å². The van der Waals surface area contributed by atoms with Gasteiger partial charge in [-0.25, -0.2) is 0 Å². The van der Waals surface area contributed by atoms with E-state index in [0.29, 0.717) is 12.3 Å². The highest BCUT2D eigenvalue weighted by Gasteiger charge is 2.08. The van der Waals surface area contributed by atoms with Crippen molar-refractivity contribution in [1.82, 2.24) is 5.32 Å². The molecule has 124 valence electrons. The number of nitrogens with one attached hydrogen (secondary N) is 2. The number of rotatable bonds is 9. The van der Waals surface area contributed by atoms with Crippen molar-refractivity contribution in [2.45, 2.75) is 41.0 Å². The minimum atomic E-state index is 0.0648. The van der Waals surface area contributed by atoms with Gasteiger partial charge in [-0.1, -0.05) is 13.8 Å². The van der Waals surface area contributed by atoms with Crippen LogP contribution in [-0.2, 0) is 4.79 Å². The summed E-state index contributed by atoms with van der Waals surface area (Å²) in [4.78, 5) is 14.3. The summed E-state index contributed by atoms with van der Waals surface area (Å²) < 4.78 is 0. The molecule has 0 spiro atoms. The number of benzene rings is 1. The average Bonchev–Trinajstić information content (AvgIpc) is 2.47. The molecule has 4 heteroatoms. The Hall–Kier alpha value is -1.55. The van der Waals surface area contributed by atoms with Crippen LogP contribution in [-0.4, -0.2) is 32.1 Å². The van der Waals surface area contributed by atoms with Crippen LogP contribution in [0.15, 0.2) is 18.2 Å². The third kappa shape index (κ3) is 6.06. The van der Waals surface area contributed by atoms with Gasteiger partial charge in [0.05, 0.1) is 0 Å². The normalized spacial score (nSPS) is 10.8. The van der Waals surface area contributed by atoms with E-state index >= 15 is 0 Å². The molecule has 0 bridgehead atoms. The molecule has 0 aliphatic rings. The Labute approximate surface area is 135 Å². The van der Waals surface area contributed by atoms with Crippen molar-refractivity contribution >= 4 is 17.3 Å². The van der Waals surface area contributed by atoms with Crippen LogP contribution in [0.1, 0.15) is 39.7 Å². The highest BCUT2D eigenvalue weighted by Crippen LogP contribution is 2.22. The number of carbonyl (C=O) groups excluding carboxylic acids is 1. The predicted molar refractivity (Wildman–Crippen MR) is 95.7 cm³/mol. The molecular formula is C18H31N3O. The summed E-state index contributed by atoms with van der Waals surface area (Å²) in [6, 6.07) is 6.22. The SMILES string of the molecule is CCN(CC)c1ccc(NC(=O)CCNCC(C)C)c(C)c1. The Bertz CT molecular complexity index is 467. The second-order valence-corrected chi connectivity index (χ2v) is 6.07. The zero-order valence-electron chi connectivity index (χ0n) is 14.7. The van der Waals surface area contributed by atoms with Gasteiger partial charge in [-0.3, -0.25) is 4.79 Å². The molecule has 2 N–H and O–H groups in total. The summed E-state index contributed by atoms with van der Waals surface area (Å²) in [5.74, 6) is 0.674. The van der Waals surface area contributed by atoms with E-state index in [9.17, 15) is 4.79 Å². The van der Waals surface area contributed by atoms with Crippen molar-refractivity contribution in [3.05, 3.63) is 23.8 Å². The van der Waals surface area contributed by atoms with Crippen LogP contribution in [0, 0.1) is 12.8 Å². The Kier molecular flexibility index (Phi) is 7.96. The lowest BCUT2D eigenvalue weighted by Gasteiger charge is -2.22.